The molecule has 0 aromatic carbocycles. The van der Waals surface area contributed by atoms with Crippen LogP contribution in [0.3, 0.4) is 0 Å². The number of amides is 1. The summed E-state index contributed by atoms with van der Waals surface area (Å²) in [5, 5.41) is 0. The van der Waals surface area contributed by atoms with Crippen molar-refractivity contribution in [3.8, 4) is 5.75 Å². The van der Waals surface area contributed by atoms with E-state index < -0.39 is 0 Å². The third-order valence-corrected chi connectivity index (χ3v) is 4.07. The predicted octanol–water partition coefficient (Wildman–Crippen LogP) is 2.72. The quantitative estimate of drug-likeness (QED) is 0.871. The minimum absolute atomic E-state index is 0.0579. The second-order valence-electron chi connectivity index (χ2n) is 5.95. The van der Waals surface area contributed by atoms with Crippen molar-refractivity contribution in [2.45, 2.75) is 19.8 Å². The van der Waals surface area contributed by atoms with Crippen LogP contribution < -0.4 is 4.74 Å². The number of ether oxygens (including phenoxy) is 1. The molecule has 1 saturated heterocycles. The Kier molecular flexibility index (Phi) is 4.86. The molecule has 1 aliphatic rings. The fourth-order valence-electron chi connectivity index (χ4n) is 2.88. The molecule has 1 unspecified atom stereocenters. The topological polar surface area (TPSA) is 55.3 Å². The molecule has 120 valence electrons. The van der Waals surface area contributed by atoms with Gasteiger partial charge in [0.2, 0.25) is 0 Å². The average Bonchev–Trinajstić information content (AvgIpc) is 2.60. The molecule has 1 amide bonds. The number of rotatable bonds is 4. The summed E-state index contributed by atoms with van der Waals surface area (Å²) in [6, 6.07) is 7.41. The van der Waals surface area contributed by atoms with E-state index in [1.165, 1.54) is 0 Å². The van der Waals surface area contributed by atoms with Crippen molar-refractivity contribution < 1.29 is 9.53 Å². The van der Waals surface area contributed by atoms with Crippen LogP contribution in [0.1, 0.15) is 28.9 Å². The lowest BCUT2D eigenvalue weighted by atomic mass is 9.98. The first-order valence-electron chi connectivity index (χ1n) is 7.97. The molecule has 3 heterocycles. The molecule has 0 spiro atoms. The molecule has 1 aliphatic heterocycles. The van der Waals surface area contributed by atoms with Crippen molar-refractivity contribution in [1.29, 1.82) is 0 Å². The van der Waals surface area contributed by atoms with Crippen molar-refractivity contribution >= 4 is 5.91 Å². The van der Waals surface area contributed by atoms with Gasteiger partial charge in [0, 0.05) is 49.4 Å². The molecule has 2 aromatic heterocycles. The largest absolute Gasteiger partial charge is 0.493 e. The van der Waals surface area contributed by atoms with Crippen molar-refractivity contribution in [3.63, 3.8) is 0 Å². The van der Waals surface area contributed by atoms with Gasteiger partial charge in [-0.1, -0.05) is 0 Å². The van der Waals surface area contributed by atoms with Crippen LogP contribution in [-0.2, 0) is 0 Å². The maximum Gasteiger partial charge on any atom is 0.255 e. The summed E-state index contributed by atoms with van der Waals surface area (Å²) in [5.41, 5.74) is 1.60. The van der Waals surface area contributed by atoms with E-state index in [9.17, 15) is 4.79 Å². The zero-order valence-corrected chi connectivity index (χ0v) is 13.3. The zero-order chi connectivity index (χ0) is 16.1. The Balaban J connectivity index is 1.57. The fourth-order valence-corrected chi connectivity index (χ4v) is 2.88. The number of hydrogen-bond donors (Lipinski definition) is 0. The van der Waals surface area contributed by atoms with E-state index in [4.69, 9.17) is 4.74 Å². The fraction of sp³-hybridized carbons (Fsp3) is 0.389. The molecular formula is C18H21N3O2. The first-order chi connectivity index (χ1) is 11.2. The highest BCUT2D eigenvalue weighted by atomic mass is 16.5. The SMILES string of the molecule is Cc1cc(OCC2CCCN(C(=O)c3cccnc3)C2)ccn1. The molecule has 5 heteroatoms. The second-order valence-corrected chi connectivity index (χ2v) is 5.95. The molecule has 3 rings (SSSR count). The maximum absolute atomic E-state index is 12.5. The first kappa shape index (κ1) is 15.5. The van der Waals surface area contributed by atoms with E-state index in [1.54, 1.807) is 24.7 Å². The van der Waals surface area contributed by atoms with Crippen LogP contribution in [0.15, 0.2) is 42.9 Å². The number of nitrogens with zero attached hydrogens (tertiary/aromatic N) is 3. The third kappa shape index (κ3) is 4.06. The molecule has 5 nitrogen and oxygen atoms in total. The molecule has 0 N–H and O–H groups in total. The summed E-state index contributed by atoms with van der Waals surface area (Å²) in [4.78, 5) is 22.6. The van der Waals surface area contributed by atoms with Crippen molar-refractivity contribution in [2.75, 3.05) is 19.7 Å². The Bertz CT molecular complexity index is 660. The number of likely N-dealkylation sites (tertiary alicyclic amines) is 1. The Hall–Kier alpha value is -2.43. The van der Waals surface area contributed by atoms with E-state index in [0.29, 0.717) is 18.1 Å². The molecule has 23 heavy (non-hydrogen) atoms. The summed E-state index contributed by atoms with van der Waals surface area (Å²) >= 11 is 0. The number of aryl methyl sites for hydroxylation is 1. The van der Waals surface area contributed by atoms with Crippen LogP contribution in [0.5, 0.6) is 5.75 Å². The molecule has 0 aliphatic carbocycles. The van der Waals surface area contributed by atoms with Gasteiger partial charge in [-0.3, -0.25) is 14.8 Å². The van der Waals surface area contributed by atoms with Gasteiger partial charge < -0.3 is 9.64 Å². The van der Waals surface area contributed by atoms with Crippen molar-refractivity contribution in [1.82, 2.24) is 14.9 Å². The number of piperidine rings is 1. The van der Waals surface area contributed by atoms with Crippen LogP contribution in [0.4, 0.5) is 0 Å². The summed E-state index contributed by atoms with van der Waals surface area (Å²) in [6.45, 7) is 4.11. The molecular weight excluding hydrogens is 290 g/mol. The molecule has 0 bridgehead atoms. The van der Waals surface area contributed by atoms with Gasteiger partial charge >= 0.3 is 0 Å². The Morgan fingerprint density at radius 2 is 2.30 bits per heavy atom. The highest BCUT2D eigenvalue weighted by Gasteiger charge is 2.25. The van der Waals surface area contributed by atoms with Crippen molar-refractivity contribution in [2.24, 2.45) is 5.92 Å². The summed E-state index contributed by atoms with van der Waals surface area (Å²) in [6.07, 6.45) is 7.16. The second kappa shape index (κ2) is 7.22. The highest BCUT2D eigenvalue weighted by Crippen LogP contribution is 2.20. The van der Waals surface area contributed by atoms with E-state index in [1.807, 2.05) is 30.0 Å². The summed E-state index contributed by atoms with van der Waals surface area (Å²) in [7, 11) is 0. The zero-order valence-electron chi connectivity index (χ0n) is 13.3. The summed E-state index contributed by atoms with van der Waals surface area (Å²) in [5.74, 6) is 1.26. The van der Waals surface area contributed by atoms with Gasteiger partial charge in [-0.2, -0.15) is 0 Å². The Morgan fingerprint density at radius 3 is 3.09 bits per heavy atom. The van der Waals surface area contributed by atoms with Crippen LogP contribution in [0, 0.1) is 12.8 Å². The Labute approximate surface area is 136 Å². The number of hydrogen-bond acceptors (Lipinski definition) is 4. The average molecular weight is 311 g/mol. The van der Waals surface area contributed by atoms with Gasteiger partial charge in [0.25, 0.3) is 5.91 Å². The number of aromatic nitrogens is 2. The van der Waals surface area contributed by atoms with E-state index in [-0.39, 0.29) is 5.91 Å². The van der Waals surface area contributed by atoms with Crippen LogP contribution >= 0.6 is 0 Å². The lowest BCUT2D eigenvalue weighted by Gasteiger charge is -2.32. The smallest absolute Gasteiger partial charge is 0.255 e. The molecule has 1 atom stereocenters. The van der Waals surface area contributed by atoms with Gasteiger partial charge in [0.05, 0.1) is 12.2 Å². The van der Waals surface area contributed by atoms with Gasteiger partial charge in [0.1, 0.15) is 5.75 Å². The van der Waals surface area contributed by atoms with Crippen LogP contribution in [0.2, 0.25) is 0 Å². The van der Waals surface area contributed by atoms with Crippen molar-refractivity contribution in [3.05, 3.63) is 54.1 Å². The number of pyridine rings is 2. The van der Waals surface area contributed by atoms with Crippen LogP contribution in [-0.4, -0.2) is 40.5 Å². The van der Waals surface area contributed by atoms with Crippen LogP contribution in [0.25, 0.3) is 0 Å². The lowest BCUT2D eigenvalue weighted by molar-refractivity contribution is 0.0633. The molecule has 0 radical (unpaired) electrons. The minimum atomic E-state index is 0.0579. The molecule has 0 saturated carbocycles. The monoisotopic (exact) mass is 311 g/mol. The normalized spacial score (nSPS) is 17.8. The number of carbonyl (C=O) groups excluding carboxylic acids is 1. The molecule has 1 fully saturated rings. The lowest BCUT2D eigenvalue weighted by Crippen LogP contribution is -2.41. The van der Waals surface area contributed by atoms with Gasteiger partial charge in [-0.05, 0) is 38.0 Å². The first-order valence-corrected chi connectivity index (χ1v) is 7.97. The summed E-state index contributed by atoms with van der Waals surface area (Å²) < 4.78 is 5.87. The van der Waals surface area contributed by atoms with E-state index >= 15 is 0 Å². The van der Waals surface area contributed by atoms with E-state index in [2.05, 4.69) is 9.97 Å². The van der Waals surface area contributed by atoms with Gasteiger partial charge in [-0.25, -0.2) is 0 Å². The molecule has 2 aromatic rings. The minimum Gasteiger partial charge on any atom is -0.493 e. The predicted molar refractivity (Wildman–Crippen MR) is 87.3 cm³/mol. The van der Waals surface area contributed by atoms with Gasteiger partial charge in [0.15, 0.2) is 0 Å². The standard InChI is InChI=1S/C18H21N3O2/c1-14-10-17(6-8-20-14)23-13-15-4-3-9-21(12-15)18(22)16-5-2-7-19-11-16/h2,5-8,10-11,15H,3-4,9,12-13H2,1H3. The van der Waals surface area contributed by atoms with Gasteiger partial charge in [-0.15, -0.1) is 0 Å². The maximum atomic E-state index is 12.5. The Morgan fingerprint density at radius 1 is 1.39 bits per heavy atom. The number of carbonyl (C=O) groups is 1. The van der Waals surface area contributed by atoms with E-state index in [0.717, 1.165) is 37.4 Å². The third-order valence-electron chi connectivity index (χ3n) is 4.07. The highest BCUT2D eigenvalue weighted by molar-refractivity contribution is 5.93.